The number of carbonyl (C=O) groups is 1. The molecule has 0 saturated carbocycles. The maximum Gasteiger partial charge on any atom is 0.227 e. The molecule has 2 aromatic carbocycles. The van der Waals surface area contributed by atoms with Gasteiger partial charge in [0.25, 0.3) is 0 Å². The molecule has 0 atom stereocenters. The second-order valence-electron chi connectivity index (χ2n) is 7.89. The van der Waals surface area contributed by atoms with Crippen LogP contribution in [0, 0.1) is 19.8 Å². The van der Waals surface area contributed by atoms with Gasteiger partial charge in [-0.05, 0) is 62.3 Å². The van der Waals surface area contributed by atoms with Crippen LogP contribution >= 0.6 is 0 Å². The zero-order valence-corrected chi connectivity index (χ0v) is 18.0. The van der Waals surface area contributed by atoms with E-state index in [0.717, 1.165) is 28.8 Å². The minimum atomic E-state index is -3.27. The van der Waals surface area contributed by atoms with E-state index in [9.17, 15) is 13.2 Å². The number of aryl methyl sites for hydroxylation is 3. The van der Waals surface area contributed by atoms with E-state index in [1.807, 2.05) is 62.4 Å². The summed E-state index contributed by atoms with van der Waals surface area (Å²) in [4.78, 5) is 12.6. The predicted molar refractivity (Wildman–Crippen MR) is 117 cm³/mol. The minimum Gasteiger partial charge on any atom is -0.326 e. The highest BCUT2D eigenvalue weighted by Gasteiger charge is 2.31. The van der Waals surface area contributed by atoms with Gasteiger partial charge in [0, 0.05) is 24.7 Å². The Labute approximate surface area is 174 Å². The third kappa shape index (κ3) is 5.90. The van der Waals surface area contributed by atoms with Gasteiger partial charge in [0.05, 0.1) is 5.75 Å². The molecule has 1 saturated heterocycles. The first-order chi connectivity index (χ1) is 13.8. The lowest BCUT2D eigenvalue weighted by Gasteiger charge is -2.30. The summed E-state index contributed by atoms with van der Waals surface area (Å²) < 4.78 is 26.9. The highest BCUT2D eigenvalue weighted by Crippen LogP contribution is 2.24. The molecule has 0 bridgehead atoms. The van der Waals surface area contributed by atoms with Crippen molar-refractivity contribution in [2.75, 3.05) is 24.2 Å². The SMILES string of the molecule is Cc1ccc(C)c(NC(=O)C2CCN(S(=O)(=O)CCCc3ccccc3)CC2)c1. The van der Waals surface area contributed by atoms with E-state index in [0.29, 0.717) is 32.4 Å². The quantitative estimate of drug-likeness (QED) is 0.747. The van der Waals surface area contributed by atoms with Crippen molar-refractivity contribution in [3.8, 4) is 0 Å². The first kappa shape index (κ1) is 21.5. The molecule has 0 aliphatic carbocycles. The van der Waals surface area contributed by atoms with Gasteiger partial charge in [-0.2, -0.15) is 0 Å². The van der Waals surface area contributed by atoms with E-state index in [2.05, 4.69) is 5.32 Å². The van der Waals surface area contributed by atoms with E-state index < -0.39 is 10.0 Å². The zero-order valence-electron chi connectivity index (χ0n) is 17.2. The molecule has 5 nitrogen and oxygen atoms in total. The number of nitrogens with zero attached hydrogens (tertiary/aromatic N) is 1. The maximum absolute atomic E-state index is 12.7. The van der Waals surface area contributed by atoms with E-state index >= 15 is 0 Å². The Balaban J connectivity index is 1.48. The molecule has 0 aromatic heterocycles. The Hall–Kier alpha value is -2.18. The summed E-state index contributed by atoms with van der Waals surface area (Å²) >= 11 is 0. The number of carbonyl (C=O) groups excluding carboxylic acids is 1. The van der Waals surface area contributed by atoms with Gasteiger partial charge in [-0.25, -0.2) is 12.7 Å². The van der Waals surface area contributed by atoms with Gasteiger partial charge >= 0.3 is 0 Å². The van der Waals surface area contributed by atoms with Crippen molar-refractivity contribution >= 4 is 21.6 Å². The van der Waals surface area contributed by atoms with Crippen LogP contribution in [0.25, 0.3) is 0 Å². The highest BCUT2D eigenvalue weighted by molar-refractivity contribution is 7.89. The molecule has 1 amide bonds. The molecule has 156 valence electrons. The first-order valence-corrected chi connectivity index (χ1v) is 11.9. The topological polar surface area (TPSA) is 66.5 Å². The molecule has 3 rings (SSSR count). The monoisotopic (exact) mass is 414 g/mol. The second-order valence-corrected chi connectivity index (χ2v) is 9.97. The average Bonchev–Trinajstić information content (AvgIpc) is 2.71. The van der Waals surface area contributed by atoms with Crippen LogP contribution in [-0.2, 0) is 21.2 Å². The van der Waals surface area contributed by atoms with Gasteiger partial charge < -0.3 is 5.32 Å². The Morgan fingerprint density at radius 3 is 2.45 bits per heavy atom. The van der Waals surface area contributed by atoms with E-state index in [-0.39, 0.29) is 17.6 Å². The van der Waals surface area contributed by atoms with Gasteiger partial charge in [-0.15, -0.1) is 0 Å². The van der Waals surface area contributed by atoms with Crippen LogP contribution in [0.15, 0.2) is 48.5 Å². The number of rotatable bonds is 7. The Morgan fingerprint density at radius 2 is 1.76 bits per heavy atom. The fraction of sp³-hybridized carbons (Fsp3) is 0.435. The highest BCUT2D eigenvalue weighted by atomic mass is 32.2. The molecule has 0 radical (unpaired) electrons. The lowest BCUT2D eigenvalue weighted by atomic mass is 9.97. The number of piperidine rings is 1. The fourth-order valence-electron chi connectivity index (χ4n) is 3.73. The molecule has 1 aliphatic heterocycles. The summed E-state index contributed by atoms with van der Waals surface area (Å²) in [5.41, 5.74) is 4.13. The molecule has 1 fully saturated rings. The molecule has 2 aromatic rings. The van der Waals surface area contributed by atoms with Crippen molar-refractivity contribution in [3.05, 3.63) is 65.2 Å². The third-order valence-electron chi connectivity index (χ3n) is 5.58. The number of hydrogen-bond acceptors (Lipinski definition) is 3. The Bertz CT molecular complexity index is 934. The van der Waals surface area contributed by atoms with E-state index in [4.69, 9.17) is 0 Å². The molecular formula is C23H30N2O3S. The second kappa shape index (κ2) is 9.55. The van der Waals surface area contributed by atoms with Gasteiger partial charge in [0.15, 0.2) is 0 Å². The summed E-state index contributed by atoms with van der Waals surface area (Å²) in [6.07, 6.45) is 2.50. The largest absolute Gasteiger partial charge is 0.326 e. The van der Waals surface area contributed by atoms with Gasteiger partial charge in [0.1, 0.15) is 0 Å². The normalized spacial score (nSPS) is 15.9. The maximum atomic E-state index is 12.7. The number of anilines is 1. The number of benzene rings is 2. The number of hydrogen-bond donors (Lipinski definition) is 1. The lowest BCUT2D eigenvalue weighted by Crippen LogP contribution is -2.42. The number of amides is 1. The van der Waals surface area contributed by atoms with Crippen molar-refractivity contribution in [2.24, 2.45) is 5.92 Å². The molecule has 1 aliphatic rings. The number of sulfonamides is 1. The molecule has 29 heavy (non-hydrogen) atoms. The van der Waals surface area contributed by atoms with Gasteiger partial charge in [-0.3, -0.25) is 4.79 Å². The molecule has 0 spiro atoms. The van der Waals surface area contributed by atoms with Crippen molar-refractivity contribution < 1.29 is 13.2 Å². The summed E-state index contributed by atoms with van der Waals surface area (Å²) in [5.74, 6) is -0.00756. The summed E-state index contributed by atoms with van der Waals surface area (Å²) in [6, 6.07) is 15.9. The first-order valence-electron chi connectivity index (χ1n) is 10.2. The van der Waals surface area contributed by atoms with Crippen molar-refractivity contribution in [1.82, 2.24) is 4.31 Å². The summed E-state index contributed by atoms with van der Waals surface area (Å²) in [6.45, 7) is 4.80. The zero-order chi connectivity index (χ0) is 20.9. The van der Waals surface area contributed by atoms with Crippen LogP contribution in [0.1, 0.15) is 36.0 Å². The van der Waals surface area contributed by atoms with Crippen LogP contribution in [0.5, 0.6) is 0 Å². The average molecular weight is 415 g/mol. The van der Waals surface area contributed by atoms with Gasteiger partial charge in [0.2, 0.25) is 15.9 Å². The fourth-order valence-corrected chi connectivity index (χ4v) is 5.27. The van der Waals surface area contributed by atoms with E-state index in [1.165, 1.54) is 0 Å². The van der Waals surface area contributed by atoms with Crippen LogP contribution < -0.4 is 5.32 Å². The standard InChI is InChI=1S/C23H30N2O3S/c1-18-10-11-19(2)22(17-18)24-23(26)21-12-14-25(15-13-21)29(27,28)16-6-9-20-7-4-3-5-8-20/h3-5,7-8,10-11,17,21H,6,9,12-16H2,1-2H3,(H,24,26). The molecule has 1 N–H and O–H groups in total. The Kier molecular flexibility index (Phi) is 7.09. The summed E-state index contributed by atoms with van der Waals surface area (Å²) in [5, 5.41) is 3.02. The van der Waals surface area contributed by atoms with Crippen LogP contribution in [0.4, 0.5) is 5.69 Å². The van der Waals surface area contributed by atoms with Crippen LogP contribution in [-0.4, -0.2) is 37.5 Å². The molecule has 0 unspecified atom stereocenters. The third-order valence-corrected chi connectivity index (χ3v) is 7.54. The van der Waals surface area contributed by atoms with Crippen LogP contribution in [0.2, 0.25) is 0 Å². The smallest absolute Gasteiger partial charge is 0.227 e. The Morgan fingerprint density at radius 1 is 1.07 bits per heavy atom. The summed E-state index contributed by atoms with van der Waals surface area (Å²) in [7, 11) is -3.27. The predicted octanol–water partition coefficient (Wildman–Crippen LogP) is 3.92. The molecule has 6 heteroatoms. The van der Waals surface area contributed by atoms with Crippen molar-refractivity contribution in [3.63, 3.8) is 0 Å². The molecule has 1 heterocycles. The van der Waals surface area contributed by atoms with Crippen molar-refractivity contribution in [1.29, 1.82) is 0 Å². The van der Waals surface area contributed by atoms with E-state index in [1.54, 1.807) is 4.31 Å². The lowest BCUT2D eigenvalue weighted by molar-refractivity contribution is -0.120. The van der Waals surface area contributed by atoms with Crippen molar-refractivity contribution in [2.45, 2.75) is 39.5 Å². The molecular weight excluding hydrogens is 384 g/mol. The van der Waals surface area contributed by atoms with Crippen LogP contribution in [0.3, 0.4) is 0 Å². The minimum absolute atomic E-state index is 0.0141. The number of nitrogens with one attached hydrogen (secondary N) is 1. The van der Waals surface area contributed by atoms with Gasteiger partial charge in [-0.1, -0.05) is 42.5 Å².